The maximum absolute atomic E-state index is 11.9. The Bertz CT molecular complexity index is 693. The molecule has 0 aliphatic carbocycles. The number of sulfonamides is 1. The van der Waals surface area contributed by atoms with E-state index in [0.717, 1.165) is 10.9 Å². The van der Waals surface area contributed by atoms with Crippen molar-refractivity contribution in [3.8, 4) is 0 Å². The number of hydrogen-bond acceptors (Lipinski definition) is 5. The topological polar surface area (TPSA) is 136 Å². The number of nitrogens with one attached hydrogen (secondary N) is 2. The van der Waals surface area contributed by atoms with Gasteiger partial charge >= 0.3 is 16.4 Å². The summed E-state index contributed by atoms with van der Waals surface area (Å²) in [5.41, 5.74) is 0. The second-order valence-electron chi connectivity index (χ2n) is 3.60. The Morgan fingerprint density at radius 1 is 1.35 bits per heavy atom. The smallest absolute Gasteiger partial charge is 0.272 e. The van der Waals surface area contributed by atoms with Crippen molar-refractivity contribution in [1.29, 1.82) is 0 Å². The second-order valence-corrected chi connectivity index (χ2v) is 6.63. The molecule has 0 aliphatic heterocycles. The maximum Gasteiger partial charge on any atom is 0.402 e. The Morgan fingerprint density at radius 2 is 1.90 bits per heavy atom. The molecule has 0 amide bonds. The zero-order valence-corrected chi connectivity index (χ0v) is 11.5. The van der Waals surface area contributed by atoms with E-state index in [-0.39, 0.29) is 0 Å². The minimum absolute atomic E-state index is 0.669. The summed E-state index contributed by atoms with van der Waals surface area (Å²) < 4.78 is 84.4. The van der Waals surface area contributed by atoms with E-state index in [4.69, 9.17) is 5.14 Å². The molecule has 0 unspecified atom stereocenters. The molecule has 1 aromatic rings. The van der Waals surface area contributed by atoms with Crippen LogP contribution in [0, 0.1) is 0 Å². The lowest BCUT2D eigenvalue weighted by Crippen LogP contribution is -2.37. The number of alkyl halides is 3. The standard InChI is InChI=1S/C6H10F3N5O4S2/c1-14-2-4(19(10,15)16)5(12-14)13-20(17,18)11-3-6(7,8)9/h2,11H,3H2,1H3,(H,12,13)(H2,10,15,16). The minimum Gasteiger partial charge on any atom is -0.272 e. The van der Waals surface area contributed by atoms with Crippen LogP contribution >= 0.6 is 0 Å². The molecule has 0 aromatic carbocycles. The molecule has 4 N–H and O–H groups in total. The molecule has 0 fully saturated rings. The molecule has 9 nitrogen and oxygen atoms in total. The quantitative estimate of drug-likeness (QED) is 0.625. The third-order valence-corrected chi connectivity index (χ3v) is 3.69. The van der Waals surface area contributed by atoms with Crippen LogP contribution < -0.4 is 14.6 Å². The number of aromatic nitrogens is 2. The zero-order chi connectivity index (χ0) is 15.8. The van der Waals surface area contributed by atoms with E-state index < -0.39 is 43.7 Å². The molecule has 0 radical (unpaired) electrons. The molecule has 1 aromatic heterocycles. The van der Waals surface area contributed by atoms with Gasteiger partial charge in [0.15, 0.2) is 5.82 Å². The van der Waals surface area contributed by atoms with Crippen molar-refractivity contribution in [1.82, 2.24) is 14.5 Å². The normalized spacial score (nSPS) is 13.4. The van der Waals surface area contributed by atoms with Gasteiger partial charge in [0.2, 0.25) is 10.0 Å². The first-order valence-corrected chi connectivity index (χ1v) is 7.74. The molecule has 1 rings (SSSR count). The van der Waals surface area contributed by atoms with E-state index in [2.05, 4.69) is 5.10 Å². The van der Waals surface area contributed by atoms with Gasteiger partial charge in [-0.1, -0.05) is 0 Å². The van der Waals surface area contributed by atoms with Crippen molar-refractivity contribution in [2.24, 2.45) is 12.2 Å². The Labute approximate surface area is 112 Å². The zero-order valence-electron chi connectivity index (χ0n) is 9.84. The van der Waals surface area contributed by atoms with Crippen molar-refractivity contribution < 1.29 is 30.0 Å². The summed E-state index contributed by atoms with van der Waals surface area (Å²) in [5.74, 6) is -0.704. The third-order valence-electron chi connectivity index (χ3n) is 1.80. The Morgan fingerprint density at radius 3 is 2.35 bits per heavy atom. The summed E-state index contributed by atoms with van der Waals surface area (Å²) >= 11 is 0. The van der Waals surface area contributed by atoms with Gasteiger partial charge in [-0.2, -0.15) is 31.4 Å². The number of nitrogens with zero attached hydrogens (tertiary/aromatic N) is 2. The number of nitrogens with two attached hydrogens (primary N) is 1. The fraction of sp³-hybridized carbons (Fsp3) is 0.500. The summed E-state index contributed by atoms with van der Waals surface area (Å²) in [6.45, 7) is -1.82. The predicted octanol–water partition coefficient (Wildman–Crippen LogP) is -1.12. The monoisotopic (exact) mass is 337 g/mol. The van der Waals surface area contributed by atoms with Gasteiger partial charge in [0, 0.05) is 13.2 Å². The molecule has 14 heteroatoms. The number of primary sulfonamides is 1. The van der Waals surface area contributed by atoms with Gasteiger partial charge in [0.1, 0.15) is 11.4 Å². The van der Waals surface area contributed by atoms with Crippen LogP contribution in [0.15, 0.2) is 11.1 Å². The first kappa shape index (κ1) is 16.7. The van der Waals surface area contributed by atoms with Crippen molar-refractivity contribution in [3.63, 3.8) is 0 Å². The van der Waals surface area contributed by atoms with Gasteiger partial charge < -0.3 is 0 Å². The average Bonchev–Trinajstić information content (AvgIpc) is 2.54. The van der Waals surface area contributed by atoms with Crippen LogP contribution in [0.25, 0.3) is 0 Å². The van der Waals surface area contributed by atoms with Crippen LogP contribution in [0.3, 0.4) is 0 Å². The average molecular weight is 337 g/mol. The number of rotatable bonds is 5. The largest absolute Gasteiger partial charge is 0.402 e. The van der Waals surface area contributed by atoms with Crippen LogP contribution in [-0.2, 0) is 27.3 Å². The highest BCUT2D eigenvalue weighted by Crippen LogP contribution is 2.18. The maximum atomic E-state index is 11.9. The predicted molar refractivity (Wildman–Crippen MR) is 61.2 cm³/mol. The molecule has 20 heavy (non-hydrogen) atoms. The first-order chi connectivity index (χ1) is 8.80. The van der Waals surface area contributed by atoms with E-state index in [1.807, 2.05) is 0 Å². The minimum atomic E-state index is -4.76. The Kier molecular flexibility index (Phi) is 4.33. The molecule has 0 spiro atoms. The van der Waals surface area contributed by atoms with E-state index in [9.17, 15) is 30.0 Å². The molecule has 0 bridgehead atoms. The fourth-order valence-electron chi connectivity index (χ4n) is 1.09. The van der Waals surface area contributed by atoms with Gasteiger partial charge in [-0.3, -0.25) is 9.40 Å². The van der Waals surface area contributed by atoms with Crippen molar-refractivity contribution >= 4 is 26.1 Å². The second kappa shape index (κ2) is 5.19. The van der Waals surface area contributed by atoms with Crippen LogP contribution in [0.2, 0.25) is 0 Å². The first-order valence-electron chi connectivity index (χ1n) is 4.71. The van der Waals surface area contributed by atoms with Gasteiger partial charge in [-0.15, -0.1) is 0 Å². The van der Waals surface area contributed by atoms with Crippen LogP contribution in [0.1, 0.15) is 0 Å². The lowest BCUT2D eigenvalue weighted by atomic mass is 10.7. The van der Waals surface area contributed by atoms with E-state index in [1.165, 1.54) is 11.8 Å². The summed E-state index contributed by atoms with van der Waals surface area (Å²) in [5, 5.41) is 8.27. The molecule has 0 saturated carbocycles. The lowest BCUT2D eigenvalue weighted by molar-refractivity contribution is -0.121. The van der Waals surface area contributed by atoms with Crippen LogP contribution in [0.5, 0.6) is 0 Å². The third kappa shape index (κ3) is 4.95. The Hall–Kier alpha value is -1.38. The summed E-state index contributed by atoms with van der Waals surface area (Å²) in [4.78, 5) is -0.669. The highest BCUT2D eigenvalue weighted by molar-refractivity contribution is 7.91. The number of aryl methyl sites for hydroxylation is 1. The molecule has 0 atom stereocenters. The highest BCUT2D eigenvalue weighted by Gasteiger charge is 2.30. The molecule has 0 saturated heterocycles. The van der Waals surface area contributed by atoms with E-state index in [1.54, 1.807) is 4.72 Å². The molecule has 1 heterocycles. The van der Waals surface area contributed by atoms with Crippen molar-refractivity contribution in [2.45, 2.75) is 11.1 Å². The summed E-state index contributed by atoms with van der Waals surface area (Å²) in [6.07, 6.45) is -3.86. The number of halogens is 3. The molecular weight excluding hydrogens is 327 g/mol. The van der Waals surface area contributed by atoms with Gasteiger partial charge in [-0.05, 0) is 0 Å². The van der Waals surface area contributed by atoms with Gasteiger partial charge in [-0.25, -0.2) is 13.6 Å². The molecular formula is C6H10F3N5O4S2. The van der Waals surface area contributed by atoms with Gasteiger partial charge in [0.05, 0.1) is 0 Å². The highest BCUT2D eigenvalue weighted by atomic mass is 32.2. The van der Waals surface area contributed by atoms with E-state index in [0.29, 0.717) is 0 Å². The summed E-state index contributed by atoms with van der Waals surface area (Å²) in [6, 6.07) is 0. The van der Waals surface area contributed by atoms with Gasteiger partial charge in [0.25, 0.3) is 0 Å². The molecule has 0 aliphatic rings. The van der Waals surface area contributed by atoms with Crippen molar-refractivity contribution in [3.05, 3.63) is 6.20 Å². The Balaban J connectivity index is 2.99. The number of hydrogen-bond donors (Lipinski definition) is 3. The lowest BCUT2D eigenvalue weighted by Gasteiger charge is -2.10. The number of anilines is 1. The van der Waals surface area contributed by atoms with Crippen LogP contribution in [0.4, 0.5) is 19.0 Å². The molecule has 116 valence electrons. The SMILES string of the molecule is Cn1cc(S(N)(=O)=O)c(NS(=O)(=O)NCC(F)(F)F)n1. The van der Waals surface area contributed by atoms with E-state index >= 15 is 0 Å². The fourth-order valence-corrected chi connectivity index (χ4v) is 2.64. The van der Waals surface area contributed by atoms with Crippen molar-refractivity contribution in [2.75, 3.05) is 11.3 Å². The summed E-state index contributed by atoms with van der Waals surface area (Å²) in [7, 11) is -7.67. The van der Waals surface area contributed by atoms with Crippen LogP contribution in [-0.4, -0.2) is 39.3 Å².